The summed E-state index contributed by atoms with van der Waals surface area (Å²) in [5.41, 5.74) is 2.99. The van der Waals surface area contributed by atoms with Crippen LogP contribution in [0, 0.1) is 11.2 Å². The standard InChI is InChI=1S/C32H34FN5O4/c1-32(18-26(39)38-16-6-3-7-17-38)20-41-30(42-21-32)29-36-27(23-10-12-24(33)13-11-23)28(37-29)25-14-15-34-31(35-25)40-19-22-8-4-2-5-9-22/h2,4-5,8-15,30H,3,6-7,16-21H2,1H3,(H,36,37). The fourth-order valence-corrected chi connectivity index (χ4v) is 5.30. The molecule has 4 aromatic rings. The van der Waals surface area contributed by atoms with Gasteiger partial charge in [0, 0.05) is 36.7 Å². The predicted octanol–water partition coefficient (Wildman–Crippen LogP) is 5.71. The lowest BCUT2D eigenvalue weighted by atomic mass is 9.87. The van der Waals surface area contributed by atoms with Crippen molar-refractivity contribution >= 4 is 5.91 Å². The van der Waals surface area contributed by atoms with Crippen molar-refractivity contribution in [3.05, 3.63) is 84.1 Å². The number of halogens is 1. The van der Waals surface area contributed by atoms with Crippen LogP contribution >= 0.6 is 0 Å². The van der Waals surface area contributed by atoms with Gasteiger partial charge in [0.2, 0.25) is 12.2 Å². The van der Waals surface area contributed by atoms with Crippen LogP contribution in [0.2, 0.25) is 0 Å². The molecule has 0 spiro atoms. The zero-order valence-corrected chi connectivity index (χ0v) is 23.6. The Hall–Kier alpha value is -4.15. The maximum atomic E-state index is 13.7. The molecule has 0 saturated carbocycles. The average molecular weight is 572 g/mol. The Labute approximate surface area is 244 Å². The van der Waals surface area contributed by atoms with Crippen LogP contribution in [0.25, 0.3) is 22.6 Å². The van der Waals surface area contributed by atoms with E-state index >= 15 is 0 Å². The van der Waals surface area contributed by atoms with Crippen molar-refractivity contribution in [2.24, 2.45) is 5.41 Å². The summed E-state index contributed by atoms with van der Waals surface area (Å²) in [5.74, 6) is 0.266. The molecule has 0 aliphatic carbocycles. The Balaban J connectivity index is 1.21. The topological polar surface area (TPSA) is 102 Å². The molecule has 10 heteroatoms. The maximum absolute atomic E-state index is 13.7. The monoisotopic (exact) mass is 571 g/mol. The largest absolute Gasteiger partial charge is 0.459 e. The van der Waals surface area contributed by atoms with Gasteiger partial charge in [-0.15, -0.1) is 0 Å². The third-order valence-electron chi connectivity index (χ3n) is 7.62. The number of hydrogen-bond donors (Lipinski definition) is 1. The third-order valence-corrected chi connectivity index (χ3v) is 7.62. The van der Waals surface area contributed by atoms with Crippen molar-refractivity contribution in [3.8, 4) is 28.7 Å². The molecule has 0 radical (unpaired) electrons. The van der Waals surface area contributed by atoms with Gasteiger partial charge in [-0.1, -0.05) is 37.3 Å². The van der Waals surface area contributed by atoms with Crippen LogP contribution in [0.3, 0.4) is 0 Å². The van der Waals surface area contributed by atoms with Crippen LogP contribution in [-0.2, 0) is 20.9 Å². The number of ether oxygens (including phenoxy) is 3. The number of rotatable bonds is 8. The van der Waals surface area contributed by atoms with E-state index in [4.69, 9.17) is 19.2 Å². The second-order valence-corrected chi connectivity index (χ2v) is 11.2. The SMILES string of the molecule is CC1(CC(=O)N2CCCCC2)COC(c2nc(-c3ccc(F)cc3)c(-c3ccnc(OCc4ccccc4)n3)[nH]2)OC1. The lowest BCUT2D eigenvalue weighted by molar-refractivity contribution is -0.235. The van der Waals surface area contributed by atoms with Crippen LogP contribution in [0.15, 0.2) is 66.9 Å². The van der Waals surface area contributed by atoms with E-state index in [0.29, 0.717) is 54.7 Å². The van der Waals surface area contributed by atoms with Gasteiger partial charge in [0.1, 0.15) is 12.4 Å². The summed E-state index contributed by atoms with van der Waals surface area (Å²) in [4.78, 5) is 31.9. The van der Waals surface area contributed by atoms with E-state index in [-0.39, 0.29) is 17.7 Å². The number of nitrogens with one attached hydrogen (secondary N) is 1. The molecule has 4 heterocycles. The van der Waals surface area contributed by atoms with Crippen molar-refractivity contribution in [2.45, 2.75) is 45.5 Å². The molecular formula is C32H34FN5O4. The Morgan fingerprint density at radius 1 is 1.02 bits per heavy atom. The maximum Gasteiger partial charge on any atom is 0.317 e. The van der Waals surface area contributed by atoms with Crippen molar-refractivity contribution in [3.63, 3.8) is 0 Å². The fraction of sp³-hybridized carbons (Fsp3) is 0.375. The number of carbonyl (C=O) groups is 1. The molecule has 2 aliphatic rings. The van der Waals surface area contributed by atoms with E-state index in [2.05, 4.69) is 15.0 Å². The van der Waals surface area contributed by atoms with Gasteiger partial charge in [-0.05, 0) is 55.2 Å². The zero-order chi connectivity index (χ0) is 28.9. The summed E-state index contributed by atoms with van der Waals surface area (Å²) in [6, 6.07) is 17.9. The number of benzene rings is 2. The molecule has 218 valence electrons. The van der Waals surface area contributed by atoms with Crippen molar-refractivity contribution < 1.29 is 23.4 Å². The molecule has 1 N–H and O–H groups in total. The van der Waals surface area contributed by atoms with E-state index in [1.165, 1.54) is 18.6 Å². The molecule has 0 atom stereocenters. The predicted molar refractivity (Wildman–Crippen MR) is 154 cm³/mol. The second kappa shape index (κ2) is 12.4. The number of likely N-dealkylation sites (tertiary alicyclic amines) is 1. The van der Waals surface area contributed by atoms with Crippen molar-refractivity contribution in [1.82, 2.24) is 24.8 Å². The first-order chi connectivity index (χ1) is 20.5. The lowest BCUT2D eigenvalue weighted by Gasteiger charge is -2.38. The number of amides is 1. The summed E-state index contributed by atoms with van der Waals surface area (Å²) in [7, 11) is 0. The summed E-state index contributed by atoms with van der Waals surface area (Å²) in [6.45, 7) is 4.69. The molecule has 2 fully saturated rings. The smallest absolute Gasteiger partial charge is 0.317 e. The molecule has 0 bridgehead atoms. The van der Waals surface area contributed by atoms with Crippen LogP contribution in [0.1, 0.15) is 50.3 Å². The summed E-state index contributed by atoms with van der Waals surface area (Å²) in [5, 5.41) is 0. The van der Waals surface area contributed by atoms with Gasteiger partial charge in [0.05, 0.1) is 30.3 Å². The van der Waals surface area contributed by atoms with Gasteiger partial charge in [-0.3, -0.25) is 4.79 Å². The molecule has 2 aliphatic heterocycles. The molecular weight excluding hydrogens is 537 g/mol. The number of nitrogens with zero attached hydrogens (tertiary/aromatic N) is 4. The molecule has 1 amide bonds. The van der Waals surface area contributed by atoms with Crippen LogP contribution < -0.4 is 4.74 Å². The van der Waals surface area contributed by atoms with E-state index in [9.17, 15) is 9.18 Å². The van der Waals surface area contributed by atoms with E-state index in [1.807, 2.05) is 42.2 Å². The van der Waals surface area contributed by atoms with Gasteiger partial charge < -0.3 is 24.1 Å². The number of aromatic nitrogens is 4. The number of hydrogen-bond acceptors (Lipinski definition) is 7. The number of imidazole rings is 1. The fourth-order valence-electron chi connectivity index (χ4n) is 5.30. The molecule has 2 aromatic carbocycles. The molecule has 0 unspecified atom stereocenters. The van der Waals surface area contributed by atoms with Crippen molar-refractivity contribution in [2.75, 3.05) is 26.3 Å². The Bertz CT molecular complexity index is 1500. The highest BCUT2D eigenvalue weighted by molar-refractivity contribution is 5.77. The van der Waals surface area contributed by atoms with E-state index in [1.54, 1.807) is 24.4 Å². The highest BCUT2D eigenvalue weighted by Crippen LogP contribution is 2.37. The number of aromatic amines is 1. The van der Waals surface area contributed by atoms with Gasteiger partial charge in [-0.25, -0.2) is 14.4 Å². The average Bonchev–Trinajstić information content (AvgIpc) is 3.47. The molecule has 42 heavy (non-hydrogen) atoms. The minimum Gasteiger partial charge on any atom is -0.459 e. The van der Waals surface area contributed by atoms with Gasteiger partial charge >= 0.3 is 6.01 Å². The molecule has 9 nitrogen and oxygen atoms in total. The number of carbonyl (C=O) groups excluding carboxylic acids is 1. The lowest BCUT2D eigenvalue weighted by Crippen LogP contribution is -2.43. The normalized spacial score (nSPS) is 20.8. The minimum absolute atomic E-state index is 0.149. The first-order valence-electron chi connectivity index (χ1n) is 14.3. The zero-order valence-electron chi connectivity index (χ0n) is 23.6. The van der Waals surface area contributed by atoms with Gasteiger partial charge in [0.15, 0.2) is 5.82 Å². The molecule has 2 aromatic heterocycles. The Morgan fingerprint density at radius 3 is 2.50 bits per heavy atom. The van der Waals surface area contributed by atoms with E-state index < -0.39 is 11.7 Å². The van der Waals surface area contributed by atoms with Crippen LogP contribution in [0.4, 0.5) is 4.39 Å². The first-order valence-corrected chi connectivity index (χ1v) is 14.3. The summed E-state index contributed by atoms with van der Waals surface area (Å²) < 4.78 is 31.9. The second-order valence-electron chi connectivity index (χ2n) is 11.2. The van der Waals surface area contributed by atoms with Crippen molar-refractivity contribution in [1.29, 1.82) is 0 Å². The summed E-state index contributed by atoms with van der Waals surface area (Å²) in [6.07, 6.45) is 4.53. The highest BCUT2D eigenvalue weighted by Gasteiger charge is 2.38. The summed E-state index contributed by atoms with van der Waals surface area (Å²) >= 11 is 0. The number of H-pyrrole nitrogens is 1. The highest BCUT2D eigenvalue weighted by atomic mass is 19.1. The molecule has 6 rings (SSSR count). The van der Waals surface area contributed by atoms with Crippen LogP contribution in [-0.4, -0.2) is 57.0 Å². The van der Waals surface area contributed by atoms with Gasteiger partial charge in [-0.2, -0.15) is 4.98 Å². The number of piperidine rings is 1. The first kappa shape index (κ1) is 28.0. The molecule has 2 saturated heterocycles. The quantitative estimate of drug-likeness (QED) is 0.289. The Kier molecular flexibility index (Phi) is 8.25. The van der Waals surface area contributed by atoms with E-state index in [0.717, 1.165) is 31.5 Å². The minimum atomic E-state index is -0.758. The Morgan fingerprint density at radius 2 is 1.76 bits per heavy atom. The third kappa shape index (κ3) is 6.50. The van der Waals surface area contributed by atoms with Crippen LogP contribution in [0.5, 0.6) is 6.01 Å². The van der Waals surface area contributed by atoms with Gasteiger partial charge in [0.25, 0.3) is 0 Å².